The van der Waals surface area contributed by atoms with Crippen LogP contribution in [-0.2, 0) is 0 Å². The summed E-state index contributed by atoms with van der Waals surface area (Å²) < 4.78 is 13.9. The second kappa shape index (κ2) is 6.33. The minimum atomic E-state index is -0.0925. The summed E-state index contributed by atoms with van der Waals surface area (Å²) in [7, 11) is 1.90. The third kappa shape index (κ3) is 4.77. The quantitative estimate of drug-likeness (QED) is 0.805. The molecule has 1 aromatic carbocycles. The van der Waals surface area contributed by atoms with Crippen LogP contribution in [0.5, 0.6) is 0 Å². The summed E-state index contributed by atoms with van der Waals surface area (Å²) in [5.41, 5.74) is 2.11. The van der Waals surface area contributed by atoms with Gasteiger partial charge in [-0.05, 0) is 43.9 Å². The highest BCUT2D eigenvalue weighted by Gasteiger charge is 2.16. The number of rotatable bonds is 5. The van der Waals surface area contributed by atoms with Crippen LogP contribution in [0.3, 0.4) is 0 Å². The molecule has 18 heavy (non-hydrogen) atoms. The molecular weight excluding hydrogens is 225 g/mol. The molecule has 0 amide bonds. The van der Waals surface area contributed by atoms with Crippen molar-refractivity contribution in [1.29, 1.82) is 0 Å². The van der Waals surface area contributed by atoms with Gasteiger partial charge in [-0.15, -0.1) is 0 Å². The summed E-state index contributed by atoms with van der Waals surface area (Å²) in [5, 5.41) is 3.22. The Labute approximate surface area is 111 Å². The largest absolute Gasteiger partial charge is 0.313 e. The third-order valence-corrected chi connectivity index (χ3v) is 3.30. The van der Waals surface area contributed by atoms with Crippen LogP contribution >= 0.6 is 0 Å². The maximum absolute atomic E-state index is 13.9. The van der Waals surface area contributed by atoms with Crippen LogP contribution in [0, 0.1) is 18.2 Å². The smallest absolute Gasteiger partial charge is 0.128 e. The van der Waals surface area contributed by atoms with E-state index in [0.29, 0.717) is 5.41 Å². The average molecular weight is 251 g/mol. The van der Waals surface area contributed by atoms with Crippen LogP contribution < -0.4 is 5.32 Å². The Kier molecular flexibility index (Phi) is 5.33. The van der Waals surface area contributed by atoms with Crippen molar-refractivity contribution in [3.8, 4) is 0 Å². The molecule has 1 aromatic rings. The molecule has 0 spiro atoms. The van der Waals surface area contributed by atoms with E-state index in [1.165, 1.54) is 6.42 Å². The van der Waals surface area contributed by atoms with Crippen molar-refractivity contribution in [2.75, 3.05) is 7.05 Å². The summed E-state index contributed by atoms with van der Waals surface area (Å²) >= 11 is 0. The van der Waals surface area contributed by atoms with Gasteiger partial charge in [-0.1, -0.05) is 39.3 Å². The first-order valence-corrected chi connectivity index (χ1v) is 6.77. The molecule has 0 aliphatic heterocycles. The van der Waals surface area contributed by atoms with Crippen molar-refractivity contribution in [3.63, 3.8) is 0 Å². The zero-order chi connectivity index (χ0) is 13.8. The molecule has 1 N–H and O–H groups in total. The lowest BCUT2D eigenvalue weighted by molar-refractivity contribution is 0.345. The van der Waals surface area contributed by atoms with E-state index in [1.807, 2.05) is 26.1 Å². The van der Waals surface area contributed by atoms with E-state index in [0.717, 1.165) is 24.0 Å². The highest BCUT2D eigenvalue weighted by Crippen LogP contribution is 2.27. The molecule has 0 saturated heterocycles. The molecule has 0 bridgehead atoms. The lowest BCUT2D eigenvalue weighted by atomic mass is 9.88. The van der Waals surface area contributed by atoms with Gasteiger partial charge in [-0.2, -0.15) is 0 Å². The van der Waals surface area contributed by atoms with Gasteiger partial charge in [0, 0.05) is 11.6 Å². The predicted octanol–water partition coefficient (Wildman–Crippen LogP) is 4.61. The van der Waals surface area contributed by atoms with E-state index in [-0.39, 0.29) is 11.9 Å². The fraction of sp³-hybridized carbons (Fsp3) is 0.625. The zero-order valence-corrected chi connectivity index (χ0v) is 12.3. The second-order valence-corrected chi connectivity index (χ2v) is 6.32. The first-order chi connectivity index (χ1) is 8.33. The molecule has 1 atom stereocenters. The topological polar surface area (TPSA) is 12.0 Å². The molecule has 0 fully saturated rings. The van der Waals surface area contributed by atoms with Gasteiger partial charge in [0.1, 0.15) is 5.82 Å². The maximum Gasteiger partial charge on any atom is 0.128 e. The van der Waals surface area contributed by atoms with Crippen molar-refractivity contribution in [3.05, 3.63) is 35.1 Å². The van der Waals surface area contributed by atoms with Gasteiger partial charge in [-0.25, -0.2) is 4.39 Å². The first-order valence-electron chi connectivity index (χ1n) is 6.77. The van der Waals surface area contributed by atoms with Crippen molar-refractivity contribution in [2.45, 2.75) is 53.0 Å². The number of aryl methyl sites for hydroxylation is 1. The fourth-order valence-electron chi connectivity index (χ4n) is 2.21. The van der Waals surface area contributed by atoms with Crippen LogP contribution in [0.15, 0.2) is 18.2 Å². The van der Waals surface area contributed by atoms with Crippen LogP contribution in [0.4, 0.5) is 4.39 Å². The maximum atomic E-state index is 13.9. The van der Waals surface area contributed by atoms with E-state index in [4.69, 9.17) is 0 Å². The second-order valence-electron chi connectivity index (χ2n) is 6.32. The zero-order valence-electron chi connectivity index (χ0n) is 12.3. The molecule has 102 valence electrons. The molecular formula is C16H26FN. The summed E-state index contributed by atoms with van der Waals surface area (Å²) in [4.78, 5) is 0. The van der Waals surface area contributed by atoms with E-state index in [2.05, 4.69) is 26.1 Å². The van der Waals surface area contributed by atoms with Gasteiger partial charge in [0.05, 0.1) is 0 Å². The summed E-state index contributed by atoms with van der Waals surface area (Å²) in [6, 6.07) is 5.62. The predicted molar refractivity (Wildman–Crippen MR) is 76.2 cm³/mol. The fourth-order valence-corrected chi connectivity index (χ4v) is 2.21. The highest BCUT2D eigenvalue weighted by atomic mass is 19.1. The molecule has 0 aliphatic carbocycles. The van der Waals surface area contributed by atoms with Gasteiger partial charge in [0.25, 0.3) is 0 Å². The summed E-state index contributed by atoms with van der Waals surface area (Å²) in [6.45, 7) is 8.65. The average Bonchev–Trinajstić information content (AvgIpc) is 2.24. The first kappa shape index (κ1) is 15.2. The lowest BCUT2D eigenvalue weighted by Gasteiger charge is -2.21. The van der Waals surface area contributed by atoms with Crippen LogP contribution in [0.2, 0.25) is 0 Å². The monoisotopic (exact) mass is 251 g/mol. The molecule has 0 aliphatic rings. The third-order valence-electron chi connectivity index (χ3n) is 3.30. The molecule has 0 saturated carbocycles. The normalized spacial score (nSPS) is 13.7. The Morgan fingerprint density at radius 1 is 1.28 bits per heavy atom. The molecule has 0 heterocycles. The van der Waals surface area contributed by atoms with Gasteiger partial charge < -0.3 is 5.32 Å². The van der Waals surface area contributed by atoms with Crippen LogP contribution in [0.25, 0.3) is 0 Å². The lowest BCUT2D eigenvalue weighted by Crippen LogP contribution is -2.18. The van der Waals surface area contributed by atoms with Crippen LogP contribution in [0.1, 0.15) is 57.2 Å². The number of benzene rings is 1. The summed E-state index contributed by atoms with van der Waals surface area (Å²) in [6.07, 6.45) is 3.26. The SMILES string of the molecule is CNC(CCCC(C)(C)C)c1ccc(C)cc1F. The number of halogens is 1. The van der Waals surface area contributed by atoms with Crippen molar-refractivity contribution in [1.82, 2.24) is 5.32 Å². The molecule has 0 radical (unpaired) electrons. The van der Waals surface area contributed by atoms with Gasteiger partial charge >= 0.3 is 0 Å². The van der Waals surface area contributed by atoms with E-state index < -0.39 is 0 Å². The van der Waals surface area contributed by atoms with E-state index in [9.17, 15) is 4.39 Å². The van der Waals surface area contributed by atoms with Gasteiger partial charge in [0.15, 0.2) is 0 Å². The molecule has 1 rings (SSSR count). The summed E-state index contributed by atoms with van der Waals surface area (Å²) in [5.74, 6) is -0.0925. The van der Waals surface area contributed by atoms with Crippen LogP contribution in [-0.4, -0.2) is 7.05 Å². The Morgan fingerprint density at radius 3 is 2.44 bits per heavy atom. The minimum absolute atomic E-state index is 0.0925. The number of hydrogen-bond acceptors (Lipinski definition) is 1. The Balaban J connectivity index is 2.66. The van der Waals surface area contributed by atoms with Crippen molar-refractivity contribution >= 4 is 0 Å². The van der Waals surface area contributed by atoms with E-state index in [1.54, 1.807) is 6.07 Å². The molecule has 0 aromatic heterocycles. The Morgan fingerprint density at radius 2 is 1.94 bits per heavy atom. The van der Waals surface area contributed by atoms with Gasteiger partial charge in [-0.3, -0.25) is 0 Å². The Hall–Kier alpha value is -0.890. The minimum Gasteiger partial charge on any atom is -0.313 e. The number of hydrogen-bond donors (Lipinski definition) is 1. The molecule has 1 unspecified atom stereocenters. The highest BCUT2D eigenvalue weighted by molar-refractivity contribution is 5.26. The van der Waals surface area contributed by atoms with E-state index >= 15 is 0 Å². The van der Waals surface area contributed by atoms with Crippen molar-refractivity contribution in [2.24, 2.45) is 5.41 Å². The molecule has 1 nitrogen and oxygen atoms in total. The standard InChI is InChI=1S/C16H26FN/c1-12-8-9-13(14(17)11-12)15(18-5)7-6-10-16(2,3)4/h8-9,11,15,18H,6-7,10H2,1-5H3. The van der Waals surface area contributed by atoms with Gasteiger partial charge in [0.2, 0.25) is 0 Å². The van der Waals surface area contributed by atoms with Crippen molar-refractivity contribution < 1.29 is 4.39 Å². The Bertz CT molecular complexity index is 379. The number of nitrogens with one attached hydrogen (secondary N) is 1. The molecule has 2 heteroatoms.